The molecule has 0 spiro atoms. The predicted octanol–water partition coefficient (Wildman–Crippen LogP) is 3.66. The summed E-state index contributed by atoms with van der Waals surface area (Å²) in [5, 5.41) is 0.121. The Morgan fingerprint density at radius 2 is 2.05 bits per heavy atom. The Bertz CT molecular complexity index is 819. The normalized spacial score (nSPS) is 14.5. The van der Waals surface area contributed by atoms with E-state index in [9.17, 15) is 17.2 Å². The van der Waals surface area contributed by atoms with Crippen LogP contribution in [0.1, 0.15) is 0 Å². The van der Waals surface area contributed by atoms with Crippen molar-refractivity contribution in [2.75, 3.05) is 11.8 Å². The van der Waals surface area contributed by atoms with E-state index in [1.54, 1.807) is 0 Å². The van der Waals surface area contributed by atoms with Gasteiger partial charge in [0, 0.05) is 11.6 Å². The maximum absolute atomic E-state index is 13.9. The fraction of sp³-hybridized carbons (Fsp3) is 0.0769. The Morgan fingerprint density at radius 3 is 2.68 bits per heavy atom. The number of ether oxygens (including phenoxy) is 1. The first-order valence-electron chi connectivity index (χ1n) is 5.68. The summed E-state index contributed by atoms with van der Waals surface area (Å²) >= 11 is 7.20. The Hall–Kier alpha value is -1.22. The predicted molar refractivity (Wildman–Crippen MR) is 87.4 cm³/mol. The number of halogens is 4. The first-order chi connectivity index (χ1) is 10.3. The van der Waals surface area contributed by atoms with Crippen LogP contribution in [0.5, 0.6) is 0 Å². The number of allylic oxidation sites excluding steroid dienone is 4. The minimum Gasteiger partial charge on any atom is -0.468 e. The first kappa shape index (κ1) is 17.1. The fourth-order valence-electron chi connectivity index (χ4n) is 1.60. The van der Waals surface area contributed by atoms with Crippen molar-refractivity contribution < 1.29 is 21.9 Å². The molecule has 0 heterocycles. The quantitative estimate of drug-likeness (QED) is 0.426. The third-order valence-corrected chi connectivity index (χ3v) is 5.19. The molecule has 22 heavy (non-hydrogen) atoms. The monoisotopic (exact) mass is 458 g/mol. The molecule has 0 amide bonds. The molecule has 9 heteroatoms. The van der Waals surface area contributed by atoms with Crippen LogP contribution in [0.15, 0.2) is 40.0 Å². The maximum atomic E-state index is 13.9. The molecular formula is C13H8ClF2INO3S+. The van der Waals surface area contributed by atoms with E-state index in [0.29, 0.717) is 0 Å². The third kappa shape index (κ3) is 3.40. The lowest BCUT2D eigenvalue weighted by Gasteiger charge is -2.10. The molecule has 0 saturated carbocycles. The molecule has 0 radical (unpaired) electrons. The van der Waals surface area contributed by atoms with Gasteiger partial charge >= 0.3 is 15.8 Å². The molecule has 4 nitrogen and oxygen atoms in total. The van der Waals surface area contributed by atoms with Gasteiger partial charge in [0.2, 0.25) is 4.91 Å². The number of hydrogen-bond acceptors (Lipinski definition) is 3. The number of hydrogen-bond donors (Lipinski definition) is 1. The van der Waals surface area contributed by atoms with Gasteiger partial charge in [-0.3, -0.25) is 4.72 Å². The van der Waals surface area contributed by atoms with Crippen molar-refractivity contribution in [3.63, 3.8) is 0 Å². The summed E-state index contributed by atoms with van der Waals surface area (Å²) in [4.78, 5) is -0.304. The molecule has 0 bridgehead atoms. The molecule has 0 unspecified atom stereocenters. The van der Waals surface area contributed by atoms with Crippen LogP contribution in [0.4, 0.5) is 14.5 Å². The zero-order valence-corrected chi connectivity index (χ0v) is 14.7. The van der Waals surface area contributed by atoms with E-state index >= 15 is 0 Å². The molecule has 0 atom stereocenters. The number of nitrogens with one attached hydrogen (secondary N) is 1. The van der Waals surface area contributed by atoms with Crippen molar-refractivity contribution in [2.24, 2.45) is 0 Å². The van der Waals surface area contributed by atoms with Gasteiger partial charge in [0.1, 0.15) is 11.9 Å². The van der Waals surface area contributed by atoms with Crippen LogP contribution in [0.2, 0.25) is 0 Å². The van der Waals surface area contributed by atoms with Gasteiger partial charge in [-0.1, -0.05) is 0 Å². The topological polar surface area (TPSA) is 55.4 Å². The molecule has 1 aliphatic carbocycles. The molecule has 0 saturated heterocycles. The molecule has 2 rings (SSSR count). The van der Waals surface area contributed by atoms with Crippen molar-refractivity contribution in [3.05, 3.63) is 61.3 Å². The average molecular weight is 459 g/mol. The van der Waals surface area contributed by atoms with Gasteiger partial charge < -0.3 is 4.74 Å². The molecule has 1 aromatic carbocycles. The summed E-state index contributed by atoms with van der Waals surface area (Å²) in [6.45, 7) is 0. The van der Waals surface area contributed by atoms with E-state index in [0.717, 1.165) is 18.2 Å². The second-order valence-corrected chi connectivity index (χ2v) is 7.21. The number of anilines is 1. The Balaban J connectivity index is 2.47. The highest BCUT2D eigenvalue weighted by Gasteiger charge is 2.32. The smallest absolute Gasteiger partial charge is 0.313 e. The lowest BCUT2D eigenvalue weighted by molar-refractivity contribution is 0.302. The van der Waals surface area contributed by atoms with Crippen LogP contribution in [0.3, 0.4) is 0 Å². The molecule has 1 N–H and O–H groups in total. The van der Waals surface area contributed by atoms with Crippen molar-refractivity contribution in [2.45, 2.75) is 0 Å². The van der Waals surface area contributed by atoms with Gasteiger partial charge in [0.05, 0.1) is 28.5 Å². The summed E-state index contributed by atoms with van der Waals surface area (Å²) in [6.07, 6.45) is 5.03. The van der Waals surface area contributed by atoms with Crippen LogP contribution < -0.4 is 4.72 Å². The molecule has 1 aliphatic rings. The highest BCUT2D eigenvalue weighted by atomic mass is 127. The zero-order valence-electron chi connectivity index (χ0n) is 11.0. The second-order valence-electron chi connectivity index (χ2n) is 4.04. The summed E-state index contributed by atoms with van der Waals surface area (Å²) < 4.78 is 58.5. The number of sulfonamides is 1. The van der Waals surface area contributed by atoms with Crippen molar-refractivity contribution in [3.8, 4) is 0 Å². The number of rotatable bonds is 4. The Morgan fingerprint density at radius 1 is 1.36 bits per heavy atom. The van der Waals surface area contributed by atoms with Crippen molar-refractivity contribution >= 4 is 49.9 Å². The summed E-state index contributed by atoms with van der Waals surface area (Å²) in [5.74, 6) is -1.86. The van der Waals surface area contributed by atoms with Crippen molar-refractivity contribution in [1.29, 1.82) is 0 Å². The zero-order chi connectivity index (χ0) is 16.5. The molecular weight excluding hydrogens is 451 g/mol. The molecule has 0 fully saturated rings. The van der Waals surface area contributed by atoms with Crippen LogP contribution >= 0.6 is 34.2 Å². The standard InChI is InChI=1S/C13H8ClF2INO3S/c1-21-10-5-2-7(14)6-11(10)22(19,20)18-9-4-3-8(15)13(17)12(9)16/h2-4,6,18H,1H3/q+1. The van der Waals surface area contributed by atoms with Gasteiger partial charge in [0.25, 0.3) is 0 Å². The Kier molecular flexibility index (Phi) is 5.06. The molecule has 0 aliphatic heterocycles. The summed E-state index contributed by atoms with van der Waals surface area (Å²) in [7, 11) is -2.92. The van der Waals surface area contributed by atoms with Crippen LogP contribution in [-0.4, -0.2) is 15.5 Å². The van der Waals surface area contributed by atoms with Gasteiger partial charge in [-0.15, -0.1) is 0 Å². The largest absolute Gasteiger partial charge is 0.468 e. The van der Waals surface area contributed by atoms with E-state index < -0.39 is 21.7 Å². The van der Waals surface area contributed by atoms with E-state index in [4.69, 9.17) is 16.3 Å². The van der Waals surface area contributed by atoms with Crippen LogP contribution in [-0.2, 0) is 14.8 Å². The Labute approximate surface area is 144 Å². The van der Waals surface area contributed by atoms with Gasteiger partial charge in [0.15, 0.2) is 10.8 Å². The highest BCUT2D eigenvalue weighted by Crippen LogP contribution is 2.28. The molecule has 1 aromatic rings. The fourth-order valence-corrected chi connectivity index (χ4v) is 3.53. The highest BCUT2D eigenvalue weighted by molar-refractivity contribution is 14.1. The third-order valence-electron chi connectivity index (χ3n) is 2.61. The van der Waals surface area contributed by atoms with E-state index in [1.807, 2.05) is 4.72 Å². The summed E-state index contributed by atoms with van der Waals surface area (Å²) in [5.41, 5.74) is -0.382. The minimum atomic E-state index is -4.19. The van der Waals surface area contributed by atoms with Gasteiger partial charge in [-0.05, 0) is 34.7 Å². The molecule has 0 aromatic heterocycles. The van der Waals surface area contributed by atoms with Crippen LogP contribution in [0, 0.1) is 21.3 Å². The van der Waals surface area contributed by atoms with E-state index in [1.165, 1.54) is 35.8 Å². The average Bonchev–Trinajstić information content (AvgIpc) is 2.48. The lowest BCUT2D eigenvalue weighted by atomic mass is 10.3. The second kappa shape index (κ2) is 6.49. The summed E-state index contributed by atoms with van der Waals surface area (Å²) in [6, 6.07) is 1.95. The number of methoxy groups -OCH3 is 1. The first-order valence-corrected chi connectivity index (χ1v) is 8.62. The minimum absolute atomic E-state index is 0.0749. The van der Waals surface area contributed by atoms with Gasteiger partial charge in [-0.25, -0.2) is 8.78 Å². The van der Waals surface area contributed by atoms with Crippen LogP contribution in [0.25, 0.3) is 0 Å². The van der Waals surface area contributed by atoms with E-state index in [-0.39, 0.29) is 25.0 Å². The van der Waals surface area contributed by atoms with Gasteiger partial charge in [-0.2, -0.15) is 8.42 Å². The maximum Gasteiger partial charge on any atom is 0.313 e. The van der Waals surface area contributed by atoms with E-state index in [2.05, 4.69) is 6.08 Å². The van der Waals surface area contributed by atoms with Crippen molar-refractivity contribution in [1.82, 2.24) is 0 Å². The lowest BCUT2D eigenvalue weighted by Crippen LogP contribution is -2.18. The molecule has 116 valence electrons. The number of benzene rings is 1. The SMILES string of the molecule is COC1=C(S(=O)(=O)Nc2ccc(F)c(I)c2F)C=C(Cl)C=[C+]1.